The molecule has 1 N–H and O–H groups in total. The van der Waals surface area contributed by atoms with Crippen molar-refractivity contribution in [2.45, 2.75) is 23.1 Å². The SMILES string of the molecule is CNCc1ccc(-c2nnc(-c3cncc(-c4ccc(S(=O)C5CCOC5)cc4)n3)o2)c(F)c1. The van der Waals surface area contributed by atoms with Crippen molar-refractivity contribution in [2.24, 2.45) is 0 Å². The highest BCUT2D eigenvalue weighted by Gasteiger charge is 2.23. The number of benzene rings is 2. The second-order valence-corrected chi connectivity index (χ2v) is 9.59. The highest BCUT2D eigenvalue weighted by Crippen LogP contribution is 2.27. The van der Waals surface area contributed by atoms with Gasteiger partial charge in [-0.05, 0) is 43.3 Å². The van der Waals surface area contributed by atoms with Crippen LogP contribution in [0, 0.1) is 5.82 Å². The molecule has 1 aliphatic heterocycles. The number of ether oxygens (including phenoxy) is 1. The van der Waals surface area contributed by atoms with Crippen LogP contribution in [0.4, 0.5) is 4.39 Å². The van der Waals surface area contributed by atoms with Crippen molar-refractivity contribution in [3.8, 4) is 34.3 Å². The van der Waals surface area contributed by atoms with Gasteiger partial charge in [-0.3, -0.25) is 9.19 Å². The Kier molecular flexibility index (Phi) is 6.52. The number of halogens is 1. The van der Waals surface area contributed by atoms with E-state index in [1.807, 2.05) is 24.3 Å². The maximum Gasteiger partial charge on any atom is 0.268 e. The van der Waals surface area contributed by atoms with Crippen LogP contribution >= 0.6 is 0 Å². The summed E-state index contributed by atoms with van der Waals surface area (Å²) in [5.74, 6) is -0.232. The van der Waals surface area contributed by atoms with E-state index >= 15 is 0 Å². The smallest absolute Gasteiger partial charge is 0.268 e. The Morgan fingerprint density at radius 2 is 1.88 bits per heavy atom. The summed E-state index contributed by atoms with van der Waals surface area (Å²) in [6.45, 7) is 1.74. The largest absolute Gasteiger partial charge is 0.414 e. The van der Waals surface area contributed by atoms with Gasteiger partial charge in [-0.1, -0.05) is 18.2 Å². The molecule has 34 heavy (non-hydrogen) atoms. The van der Waals surface area contributed by atoms with Gasteiger partial charge in [-0.25, -0.2) is 9.37 Å². The molecule has 0 amide bonds. The zero-order valence-corrected chi connectivity index (χ0v) is 19.2. The minimum Gasteiger partial charge on any atom is -0.414 e. The maximum absolute atomic E-state index is 14.5. The van der Waals surface area contributed by atoms with Gasteiger partial charge in [0.1, 0.15) is 11.5 Å². The summed E-state index contributed by atoms with van der Waals surface area (Å²) in [5, 5.41) is 11.0. The Hall–Kier alpha value is -3.34. The van der Waals surface area contributed by atoms with Gasteiger partial charge in [-0.15, -0.1) is 10.2 Å². The lowest BCUT2D eigenvalue weighted by Crippen LogP contribution is -2.14. The molecule has 2 atom stereocenters. The molecule has 1 saturated heterocycles. The predicted octanol–water partition coefficient (Wildman–Crippen LogP) is 3.62. The fourth-order valence-electron chi connectivity index (χ4n) is 3.72. The van der Waals surface area contributed by atoms with E-state index in [9.17, 15) is 8.60 Å². The first-order valence-electron chi connectivity index (χ1n) is 10.8. The second kappa shape index (κ2) is 9.88. The third-order valence-corrected chi connectivity index (χ3v) is 7.21. The van der Waals surface area contributed by atoms with Crippen LogP contribution in [-0.4, -0.2) is 49.9 Å². The van der Waals surface area contributed by atoms with Gasteiger partial charge in [-0.2, -0.15) is 0 Å². The molecule has 0 spiro atoms. The van der Waals surface area contributed by atoms with Crippen LogP contribution in [0.5, 0.6) is 0 Å². The van der Waals surface area contributed by atoms with Crippen molar-refractivity contribution in [2.75, 3.05) is 20.3 Å². The van der Waals surface area contributed by atoms with Crippen molar-refractivity contribution in [3.63, 3.8) is 0 Å². The molecule has 0 saturated carbocycles. The molecule has 5 rings (SSSR count). The van der Waals surface area contributed by atoms with Gasteiger partial charge in [0.25, 0.3) is 11.8 Å². The van der Waals surface area contributed by atoms with Crippen molar-refractivity contribution < 1.29 is 17.8 Å². The summed E-state index contributed by atoms with van der Waals surface area (Å²) in [5.41, 5.74) is 2.82. The monoisotopic (exact) mass is 479 g/mol. The highest BCUT2D eigenvalue weighted by molar-refractivity contribution is 7.85. The molecule has 2 unspecified atom stereocenters. The summed E-state index contributed by atoms with van der Waals surface area (Å²) < 4.78 is 38.3. The first-order valence-corrected chi connectivity index (χ1v) is 12.0. The van der Waals surface area contributed by atoms with Crippen LogP contribution in [0.3, 0.4) is 0 Å². The number of rotatable bonds is 7. The lowest BCUT2D eigenvalue weighted by Gasteiger charge is -2.08. The Labute approximate surface area is 198 Å². The molecular formula is C24H22FN5O3S. The third-order valence-electron chi connectivity index (χ3n) is 5.50. The standard InChI is InChI=1S/C24H22FN5O3S/c1-26-11-15-2-7-19(20(25)10-15)23-29-30-24(33-23)22-13-27-12-21(28-22)16-3-5-17(6-4-16)34(31)18-8-9-32-14-18/h2-7,10,12-13,18,26H,8-9,11,14H2,1H3. The molecule has 3 heterocycles. The van der Waals surface area contributed by atoms with Crippen molar-refractivity contribution >= 4 is 10.8 Å². The first-order chi connectivity index (χ1) is 16.6. The van der Waals surface area contributed by atoms with E-state index in [1.165, 1.54) is 12.3 Å². The van der Waals surface area contributed by atoms with Crippen LogP contribution in [0.25, 0.3) is 34.3 Å². The maximum atomic E-state index is 14.5. The molecule has 1 aliphatic rings. The van der Waals surface area contributed by atoms with Gasteiger partial charge in [0.15, 0.2) is 0 Å². The van der Waals surface area contributed by atoms with Crippen molar-refractivity contribution in [1.29, 1.82) is 0 Å². The number of hydrogen-bond acceptors (Lipinski definition) is 8. The van der Waals surface area contributed by atoms with Crippen LogP contribution in [0.1, 0.15) is 12.0 Å². The molecule has 0 aliphatic carbocycles. The third kappa shape index (κ3) is 4.65. The van der Waals surface area contributed by atoms with Gasteiger partial charge in [0.2, 0.25) is 0 Å². The molecular weight excluding hydrogens is 457 g/mol. The normalized spacial score (nSPS) is 16.6. The summed E-state index contributed by atoms with van der Waals surface area (Å²) in [4.78, 5) is 9.58. The van der Waals surface area contributed by atoms with Crippen LogP contribution in [-0.2, 0) is 22.1 Å². The van der Waals surface area contributed by atoms with Crippen LogP contribution in [0.2, 0.25) is 0 Å². The summed E-state index contributed by atoms with van der Waals surface area (Å²) in [6, 6.07) is 12.2. The van der Waals surface area contributed by atoms with Gasteiger partial charge >= 0.3 is 0 Å². The Balaban J connectivity index is 1.37. The zero-order valence-electron chi connectivity index (χ0n) is 18.4. The molecule has 0 radical (unpaired) electrons. The molecule has 8 nitrogen and oxygen atoms in total. The number of nitrogens with one attached hydrogen (secondary N) is 1. The topological polar surface area (TPSA) is 103 Å². The van der Waals surface area contributed by atoms with Crippen molar-refractivity contribution in [1.82, 2.24) is 25.5 Å². The van der Waals surface area contributed by atoms with E-state index in [0.717, 1.165) is 22.4 Å². The van der Waals surface area contributed by atoms with Crippen LogP contribution in [0.15, 0.2) is 64.2 Å². The number of aromatic nitrogens is 4. The Bertz CT molecular complexity index is 1320. The lowest BCUT2D eigenvalue weighted by molar-refractivity contribution is 0.199. The van der Waals surface area contributed by atoms with Crippen molar-refractivity contribution in [3.05, 3.63) is 66.2 Å². The minimum atomic E-state index is -1.11. The predicted molar refractivity (Wildman–Crippen MR) is 125 cm³/mol. The summed E-state index contributed by atoms with van der Waals surface area (Å²) >= 11 is 0. The van der Waals surface area contributed by atoms with E-state index in [2.05, 4.69) is 25.5 Å². The molecule has 2 aromatic carbocycles. The number of hydrogen-bond donors (Lipinski definition) is 1. The number of nitrogens with zero attached hydrogens (tertiary/aromatic N) is 4. The average molecular weight is 480 g/mol. The molecule has 2 aromatic heterocycles. The molecule has 174 valence electrons. The van der Waals surface area contributed by atoms with E-state index in [-0.39, 0.29) is 22.6 Å². The summed E-state index contributed by atoms with van der Waals surface area (Å²) in [7, 11) is 0.692. The van der Waals surface area contributed by atoms with Crippen LogP contribution < -0.4 is 5.32 Å². The lowest BCUT2D eigenvalue weighted by atomic mass is 10.1. The fraction of sp³-hybridized carbons (Fsp3) is 0.250. The van der Waals surface area contributed by atoms with Gasteiger partial charge < -0.3 is 14.5 Å². The van der Waals surface area contributed by atoms with E-state index in [4.69, 9.17) is 9.15 Å². The molecule has 4 aromatic rings. The zero-order chi connectivity index (χ0) is 23.5. The Morgan fingerprint density at radius 3 is 2.62 bits per heavy atom. The highest BCUT2D eigenvalue weighted by atomic mass is 32.2. The van der Waals surface area contributed by atoms with Gasteiger partial charge in [0, 0.05) is 23.6 Å². The average Bonchev–Trinajstić information content (AvgIpc) is 3.57. The molecule has 10 heteroatoms. The van der Waals surface area contributed by atoms with E-state index in [1.54, 1.807) is 25.4 Å². The van der Waals surface area contributed by atoms with Gasteiger partial charge in [0.05, 0.1) is 46.3 Å². The van der Waals surface area contributed by atoms with E-state index in [0.29, 0.717) is 31.1 Å². The summed E-state index contributed by atoms with van der Waals surface area (Å²) in [6.07, 6.45) is 3.94. The quantitative estimate of drug-likeness (QED) is 0.429. The fourth-order valence-corrected chi connectivity index (χ4v) is 5.04. The molecule has 0 bridgehead atoms. The second-order valence-electron chi connectivity index (χ2n) is 7.85. The van der Waals surface area contributed by atoms with E-state index < -0.39 is 16.6 Å². The Morgan fingerprint density at radius 1 is 1.09 bits per heavy atom. The minimum absolute atomic E-state index is 0.0324. The first kappa shape index (κ1) is 22.5. The molecule has 1 fully saturated rings.